The van der Waals surface area contributed by atoms with Gasteiger partial charge in [0, 0.05) is 13.1 Å². The quantitative estimate of drug-likeness (QED) is 0.466. The summed E-state index contributed by atoms with van der Waals surface area (Å²) in [6.07, 6.45) is -0.742. The molecule has 0 aliphatic rings. The van der Waals surface area contributed by atoms with Gasteiger partial charge in [0.05, 0.1) is 5.69 Å². The lowest BCUT2D eigenvalue weighted by Crippen LogP contribution is -2.26. The van der Waals surface area contributed by atoms with Crippen molar-refractivity contribution in [3.63, 3.8) is 0 Å². The summed E-state index contributed by atoms with van der Waals surface area (Å²) in [4.78, 5) is 14.5. The lowest BCUT2D eigenvalue weighted by molar-refractivity contribution is -0.139. The molecule has 1 aromatic carbocycles. The molecule has 0 aliphatic carbocycles. The number of benzene rings is 1. The van der Waals surface area contributed by atoms with Crippen LogP contribution in [-0.2, 0) is 4.79 Å². The molecule has 2 aromatic rings. The molecule has 0 saturated heterocycles. The maximum Gasteiger partial charge on any atom is 0.341 e. The fraction of sp³-hybridized carbons (Fsp3) is 0.294. The highest BCUT2D eigenvalue weighted by atomic mass is 16.5. The molecule has 25 heavy (non-hydrogen) atoms. The first kappa shape index (κ1) is 18.5. The van der Waals surface area contributed by atoms with Gasteiger partial charge in [0.2, 0.25) is 0 Å². The molecule has 8 nitrogen and oxygen atoms in total. The van der Waals surface area contributed by atoms with Crippen LogP contribution >= 0.6 is 0 Å². The SMILES string of the molecule is Nc1cccc([C@H](O)CNCCOc2ccc(OCC(=O)O)cc2)n1. The fourth-order valence-corrected chi connectivity index (χ4v) is 2.02. The third kappa shape index (κ3) is 6.66. The summed E-state index contributed by atoms with van der Waals surface area (Å²) in [7, 11) is 0. The number of nitrogens with one attached hydrogen (secondary N) is 1. The normalized spacial score (nSPS) is 11.7. The molecule has 2 rings (SSSR count). The zero-order chi connectivity index (χ0) is 18.1. The molecule has 8 heteroatoms. The highest BCUT2D eigenvalue weighted by molar-refractivity contribution is 5.68. The highest BCUT2D eigenvalue weighted by Gasteiger charge is 2.08. The number of ether oxygens (including phenoxy) is 2. The number of carboxylic acids is 1. The van der Waals surface area contributed by atoms with Crippen LogP contribution in [0.1, 0.15) is 11.8 Å². The summed E-state index contributed by atoms with van der Waals surface area (Å²) in [6.45, 7) is 0.902. The van der Waals surface area contributed by atoms with Crippen LogP contribution < -0.4 is 20.5 Å². The second-order valence-electron chi connectivity index (χ2n) is 5.21. The molecule has 1 heterocycles. The van der Waals surface area contributed by atoms with Crippen LogP contribution in [0, 0.1) is 0 Å². The Balaban J connectivity index is 1.65. The number of aliphatic carboxylic acids is 1. The van der Waals surface area contributed by atoms with E-state index in [4.69, 9.17) is 20.3 Å². The van der Waals surface area contributed by atoms with Crippen LogP contribution in [-0.4, -0.2) is 47.5 Å². The topological polar surface area (TPSA) is 127 Å². The minimum absolute atomic E-state index is 0.335. The Morgan fingerprint density at radius 2 is 1.84 bits per heavy atom. The molecular formula is C17H21N3O5. The molecule has 0 saturated carbocycles. The molecule has 1 atom stereocenters. The first-order valence-corrected chi connectivity index (χ1v) is 7.73. The number of carboxylic acid groups (broad SMARTS) is 1. The van der Waals surface area contributed by atoms with Crippen molar-refractivity contribution in [1.29, 1.82) is 0 Å². The van der Waals surface area contributed by atoms with Crippen LogP contribution in [0.5, 0.6) is 11.5 Å². The largest absolute Gasteiger partial charge is 0.492 e. The van der Waals surface area contributed by atoms with E-state index in [0.29, 0.717) is 42.7 Å². The number of aliphatic hydroxyl groups is 1. The van der Waals surface area contributed by atoms with Crippen molar-refractivity contribution in [2.45, 2.75) is 6.10 Å². The van der Waals surface area contributed by atoms with Crippen molar-refractivity contribution in [2.75, 3.05) is 32.0 Å². The Morgan fingerprint density at radius 3 is 2.48 bits per heavy atom. The third-order valence-electron chi connectivity index (χ3n) is 3.20. The molecule has 0 radical (unpaired) electrons. The number of nitrogens with zero attached hydrogens (tertiary/aromatic N) is 1. The van der Waals surface area contributed by atoms with E-state index in [-0.39, 0.29) is 6.61 Å². The van der Waals surface area contributed by atoms with Crippen LogP contribution in [0.15, 0.2) is 42.5 Å². The standard InChI is InChI=1S/C17H21N3O5/c18-16-3-1-2-14(20-16)15(21)10-19-8-9-24-12-4-6-13(7-5-12)25-11-17(22)23/h1-7,15,19,21H,8-11H2,(H2,18,20)(H,22,23)/t15-/m1/s1. The number of rotatable bonds is 10. The molecule has 0 spiro atoms. The monoisotopic (exact) mass is 347 g/mol. The van der Waals surface area contributed by atoms with E-state index in [2.05, 4.69) is 10.3 Å². The van der Waals surface area contributed by atoms with Crippen molar-refractivity contribution >= 4 is 11.8 Å². The Morgan fingerprint density at radius 1 is 1.16 bits per heavy atom. The Bertz CT molecular complexity index is 678. The average molecular weight is 347 g/mol. The van der Waals surface area contributed by atoms with Gasteiger partial charge in [-0.2, -0.15) is 0 Å². The van der Waals surface area contributed by atoms with Crippen molar-refractivity contribution in [3.05, 3.63) is 48.2 Å². The number of pyridine rings is 1. The van der Waals surface area contributed by atoms with E-state index in [1.54, 1.807) is 42.5 Å². The second kappa shape index (κ2) is 9.45. The summed E-state index contributed by atoms with van der Waals surface area (Å²) in [6, 6.07) is 11.8. The summed E-state index contributed by atoms with van der Waals surface area (Å²) < 4.78 is 10.6. The van der Waals surface area contributed by atoms with Gasteiger partial charge in [-0.1, -0.05) is 6.07 Å². The number of nitrogens with two attached hydrogens (primary N) is 1. The van der Waals surface area contributed by atoms with E-state index in [1.807, 2.05) is 0 Å². The van der Waals surface area contributed by atoms with Gasteiger partial charge in [0.25, 0.3) is 0 Å². The Kier molecular flexibility index (Phi) is 7.00. The Hall–Kier alpha value is -2.84. The van der Waals surface area contributed by atoms with Crippen molar-refractivity contribution in [2.24, 2.45) is 0 Å². The molecule has 0 aliphatic heterocycles. The molecular weight excluding hydrogens is 326 g/mol. The first-order chi connectivity index (χ1) is 12.0. The predicted octanol–water partition coefficient (Wildman–Crippen LogP) is 0.829. The van der Waals surface area contributed by atoms with Crippen molar-refractivity contribution < 1.29 is 24.5 Å². The zero-order valence-electron chi connectivity index (χ0n) is 13.6. The van der Waals surface area contributed by atoms with Gasteiger partial charge in [0.1, 0.15) is 30.0 Å². The van der Waals surface area contributed by atoms with Gasteiger partial charge in [-0.3, -0.25) is 0 Å². The number of hydrogen-bond donors (Lipinski definition) is 4. The molecule has 134 valence electrons. The average Bonchev–Trinajstić information content (AvgIpc) is 2.60. The van der Waals surface area contributed by atoms with E-state index in [9.17, 15) is 9.90 Å². The van der Waals surface area contributed by atoms with Gasteiger partial charge in [0.15, 0.2) is 6.61 Å². The number of anilines is 1. The Labute approximate surface area is 145 Å². The number of aliphatic hydroxyl groups excluding tert-OH is 1. The van der Waals surface area contributed by atoms with Gasteiger partial charge in [-0.25, -0.2) is 9.78 Å². The zero-order valence-corrected chi connectivity index (χ0v) is 13.6. The lowest BCUT2D eigenvalue weighted by Gasteiger charge is -2.12. The smallest absolute Gasteiger partial charge is 0.341 e. The minimum atomic E-state index is -1.03. The van der Waals surface area contributed by atoms with Gasteiger partial charge in [-0.05, 0) is 36.4 Å². The molecule has 0 bridgehead atoms. The maximum absolute atomic E-state index is 10.4. The first-order valence-electron chi connectivity index (χ1n) is 7.73. The molecule has 0 unspecified atom stereocenters. The maximum atomic E-state index is 10.4. The summed E-state index contributed by atoms with van der Waals surface area (Å²) in [5.41, 5.74) is 6.10. The van der Waals surface area contributed by atoms with Crippen molar-refractivity contribution in [3.8, 4) is 11.5 Å². The van der Waals surface area contributed by atoms with Gasteiger partial charge < -0.3 is 30.7 Å². The predicted molar refractivity (Wildman–Crippen MR) is 91.5 cm³/mol. The summed E-state index contributed by atoms with van der Waals surface area (Å²) in [5.74, 6) is 0.450. The minimum Gasteiger partial charge on any atom is -0.492 e. The van der Waals surface area contributed by atoms with Crippen LogP contribution in [0.2, 0.25) is 0 Å². The second-order valence-corrected chi connectivity index (χ2v) is 5.21. The summed E-state index contributed by atoms with van der Waals surface area (Å²) in [5, 5.41) is 21.6. The molecule has 1 aromatic heterocycles. The number of hydrogen-bond acceptors (Lipinski definition) is 7. The van der Waals surface area contributed by atoms with Crippen molar-refractivity contribution in [1.82, 2.24) is 10.3 Å². The number of nitrogen functional groups attached to an aromatic ring is 1. The van der Waals surface area contributed by atoms with E-state index < -0.39 is 12.1 Å². The molecule has 0 fully saturated rings. The van der Waals surface area contributed by atoms with Crippen LogP contribution in [0.3, 0.4) is 0 Å². The third-order valence-corrected chi connectivity index (χ3v) is 3.20. The number of carbonyl (C=O) groups is 1. The highest BCUT2D eigenvalue weighted by Crippen LogP contribution is 2.17. The molecule has 0 amide bonds. The van der Waals surface area contributed by atoms with Gasteiger partial charge >= 0.3 is 5.97 Å². The molecule has 5 N–H and O–H groups in total. The fourth-order valence-electron chi connectivity index (χ4n) is 2.02. The van der Waals surface area contributed by atoms with Crippen LogP contribution in [0.4, 0.5) is 5.82 Å². The van der Waals surface area contributed by atoms with E-state index in [1.165, 1.54) is 0 Å². The number of aromatic nitrogens is 1. The summed E-state index contributed by atoms with van der Waals surface area (Å²) >= 11 is 0. The van der Waals surface area contributed by atoms with Crippen LogP contribution in [0.25, 0.3) is 0 Å². The lowest BCUT2D eigenvalue weighted by atomic mass is 10.2. The van der Waals surface area contributed by atoms with E-state index in [0.717, 1.165) is 0 Å². The van der Waals surface area contributed by atoms with Gasteiger partial charge in [-0.15, -0.1) is 0 Å². The van der Waals surface area contributed by atoms with E-state index >= 15 is 0 Å².